The lowest BCUT2D eigenvalue weighted by Crippen LogP contribution is -2.42. The van der Waals surface area contributed by atoms with Gasteiger partial charge in [0.15, 0.2) is 0 Å². The first-order chi connectivity index (χ1) is 10.8. The van der Waals surface area contributed by atoms with Gasteiger partial charge in [-0.3, -0.25) is 14.7 Å². The van der Waals surface area contributed by atoms with Crippen LogP contribution in [0, 0.1) is 0 Å². The highest BCUT2D eigenvalue weighted by molar-refractivity contribution is 7.10. The second kappa shape index (κ2) is 5.27. The molecule has 0 aliphatic carbocycles. The van der Waals surface area contributed by atoms with Crippen molar-refractivity contribution in [2.45, 2.75) is 6.17 Å². The molecule has 1 aliphatic heterocycles. The number of amides is 1. The monoisotopic (exact) mass is 307 g/mol. The summed E-state index contributed by atoms with van der Waals surface area (Å²) in [5.74, 6) is -0.000972. The van der Waals surface area contributed by atoms with Crippen molar-refractivity contribution in [2.75, 3.05) is 10.2 Å². The molecular formula is C17H13N3OS. The molecule has 0 radical (unpaired) electrons. The van der Waals surface area contributed by atoms with Gasteiger partial charge in [-0.25, -0.2) is 0 Å². The molecule has 0 unspecified atom stereocenters. The van der Waals surface area contributed by atoms with Crippen LogP contribution in [0.4, 0.5) is 11.4 Å². The van der Waals surface area contributed by atoms with Gasteiger partial charge >= 0.3 is 0 Å². The highest BCUT2D eigenvalue weighted by Gasteiger charge is 2.34. The third-order valence-electron chi connectivity index (χ3n) is 3.68. The number of para-hydroxylation sites is 1. The molecule has 108 valence electrons. The maximum atomic E-state index is 13.0. The predicted octanol–water partition coefficient (Wildman–Crippen LogP) is 3.91. The molecule has 3 aromatic rings. The van der Waals surface area contributed by atoms with Crippen molar-refractivity contribution in [1.29, 1.82) is 0 Å². The van der Waals surface area contributed by atoms with Gasteiger partial charge in [-0.05, 0) is 35.7 Å². The number of rotatable bonds is 2. The molecule has 0 bridgehead atoms. The first-order valence-electron chi connectivity index (χ1n) is 6.97. The summed E-state index contributed by atoms with van der Waals surface area (Å²) >= 11 is 1.63. The van der Waals surface area contributed by atoms with Crippen molar-refractivity contribution in [3.05, 3.63) is 76.7 Å². The van der Waals surface area contributed by atoms with E-state index in [9.17, 15) is 4.79 Å². The standard InChI is InChI=1S/C17H13N3OS/c21-17-13-4-1-2-5-14(13)19-16(15-6-3-11-22-15)20(17)12-7-9-18-10-8-12/h1-11,16,19H/t16-/m0/s1. The van der Waals surface area contributed by atoms with Gasteiger partial charge in [0.25, 0.3) is 5.91 Å². The summed E-state index contributed by atoms with van der Waals surface area (Å²) in [6.45, 7) is 0. The van der Waals surface area contributed by atoms with Gasteiger partial charge in [-0.15, -0.1) is 11.3 Å². The van der Waals surface area contributed by atoms with Crippen LogP contribution < -0.4 is 10.2 Å². The van der Waals surface area contributed by atoms with Gasteiger partial charge in [0, 0.05) is 28.6 Å². The van der Waals surface area contributed by atoms with Crippen molar-refractivity contribution in [2.24, 2.45) is 0 Å². The van der Waals surface area contributed by atoms with Crippen molar-refractivity contribution >= 4 is 28.6 Å². The fourth-order valence-electron chi connectivity index (χ4n) is 2.67. The minimum atomic E-state index is -0.204. The molecule has 2 aromatic heterocycles. The number of hydrogen-bond donors (Lipinski definition) is 1. The predicted molar refractivity (Wildman–Crippen MR) is 88.2 cm³/mol. The number of fused-ring (bicyclic) bond motifs is 1. The molecule has 1 aromatic carbocycles. The molecule has 1 N–H and O–H groups in total. The van der Waals surface area contributed by atoms with Crippen LogP contribution in [-0.2, 0) is 0 Å². The number of nitrogens with one attached hydrogen (secondary N) is 1. The van der Waals surface area contributed by atoms with E-state index in [-0.39, 0.29) is 12.1 Å². The maximum absolute atomic E-state index is 13.0. The summed E-state index contributed by atoms with van der Waals surface area (Å²) in [7, 11) is 0. The number of carbonyl (C=O) groups excluding carboxylic acids is 1. The van der Waals surface area contributed by atoms with Crippen LogP contribution in [0.2, 0.25) is 0 Å². The Kier molecular flexibility index (Phi) is 3.12. The number of aromatic nitrogens is 1. The number of thiophene rings is 1. The van der Waals surface area contributed by atoms with Crippen LogP contribution in [0.15, 0.2) is 66.3 Å². The normalized spacial score (nSPS) is 17.0. The van der Waals surface area contributed by atoms with Gasteiger partial charge in [0.2, 0.25) is 0 Å². The Hall–Kier alpha value is -2.66. The Morgan fingerprint density at radius 1 is 1.05 bits per heavy atom. The molecule has 0 fully saturated rings. The second-order valence-corrected chi connectivity index (χ2v) is 5.97. The zero-order valence-corrected chi connectivity index (χ0v) is 12.5. The van der Waals surface area contributed by atoms with Gasteiger partial charge in [0.05, 0.1) is 5.56 Å². The summed E-state index contributed by atoms with van der Waals surface area (Å²) in [5, 5.41) is 5.49. The fourth-order valence-corrected chi connectivity index (χ4v) is 3.44. The van der Waals surface area contributed by atoms with Crippen molar-refractivity contribution in [3.63, 3.8) is 0 Å². The van der Waals surface area contributed by atoms with Gasteiger partial charge in [0.1, 0.15) is 6.17 Å². The van der Waals surface area contributed by atoms with E-state index >= 15 is 0 Å². The molecule has 4 nitrogen and oxygen atoms in total. The number of carbonyl (C=O) groups is 1. The third kappa shape index (κ3) is 2.07. The fraction of sp³-hybridized carbons (Fsp3) is 0.0588. The van der Waals surface area contributed by atoms with E-state index in [0.717, 1.165) is 16.3 Å². The van der Waals surface area contributed by atoms with Crippen LogP contribution in [0.5, 0.6) is 0 Å². The molecule has 0 saturated heterocycles. The Balaban J connectivity index is 1.87. The average molecular weight is 307 g/mol. The highest BCUT2D eigenvalue weighted by atomic mass is 32.1. The molecule has 1 aliphatic rings. The zero-order valence-electron chi connectivity index (χ0n) is 11.6. The van der Waals surface area contributed by atoms with E-state index < -0.39 is 0 Å². The van der Waals surface area contributed by atoms with Crippen LogP contribution in [0.25, 0.3) is 0 Å². The number of anilines is 2. The second-order valence-electron chi connectivity index (χ2n) is 4.99. The molecule has 1 amide bonds. The van der Waals surface area contributed by atoms with Crippen LogP contribution in [-0.4, -0.2) is 10.9 Å². The lowest BCUT2D eigenvalue weighted by molar-refractivity contribution is 0.0975. The Labute approximate surface area is 132 Å². The summed E-state index contributed by atoms with van der Waals surface area (Å²) in [6.07, 6.45) is 3.20. The molecule has 3 heterocycles. The number of hydrogen-bond acceptors (Lipinski definition) is 4. The van der Waals surface area contributed by atoms with Crippen molar-refractivity contribution in [3.8, 4) is 0 Å². The molecule has 5 heteroatoms. The first-order valence-corrected chi connectivity index (χ1v) is 7.85. The minimum absolute atomic E-state index is 0.000972. The Bertz CT molecular complexity index is 802. The number of pyridine rings is 1. The Morgan fingerprint density at radius 3 is 2.64 bits per heavy atom. The summed E-state index contributed by atoms with van der Waals surface area (Å²) in [4.78, 5) is 19.9. The molecular weight excluding hydrogens is 294 g/mol. The topological polar surface area (TPSA) is 45.2 Å². The number of nitrogens with zero attached hydrogens (tertiary/aromatic N) is 2. The molecule has 0 spiro atoms. The van der Waals surface area contributed by atoms with E-state index in [2.05, 4.69) is 10.3 Å². The van der Waals surface area contributed by atoms with Crippen LogP contribution >= 0.6 is 11.3 Å². The van der Waals surface area contributed by atoms with Gasteiger partial charge in [-0.2, -0.15) is 0 Å². The van der Waals surface area contributed by atoms with E-state index in [4.69, 9.17) is 0 Å². The van der Waals surface area contributed by atoms with Gasteiger partial charge < -0.3 is 5.32 Å². The average Bonchev–Trinajstić information content (AvgIpc) is 3.10. The minimum Gasteiger partial charge on any atom is -0.360 e. The van der Waals surface area contributed by atoms with Crippen LogP contribution in [0.3, 0.4) is 0 Å². The SMILES string of the molecule is O=C1c2ccccc2N[C@H](c2cccs2)N1c1ccncc1. The number of benzene rings is 1. The van der Waals surface area contributed by atoms with E-state index in [1.807, 2.05) is 53.9 Å². The van der Waals surface area contributed by atoms with E-state index in [1.54, 1.807) is 28.6 Å². The summed E-state index contributed by atoms with van der Waals surface area (Å²) in [6, 6.07) is 15.4. The zero-order chi connectivity index (χ0) is 14.9. The van der Waals surface area contributed by atoms with Crippen molar-refractivity contribution in [1.82, 2.24) is 4.98 Å². The molecule has 0 saturated carbocycles. The first kappa shape index (κ1) is 13.0. The van der Waals surface area contributed by atoms with Crippen molar-refractivity contribution < 1.29 is 4.79 Å². The third-order valence-corrected chi connectivity index (χ3v) is 4.60. The van der Waals surface area contributed by atoms with E-state index in [1.165, 1.54) is 0 Å². The Morgan fingerprint density at radius 2 is 1.86 bits per heavy atom. The quantitative estimate of drug-likeness (QED) is 0.780. The van der Waals surface area contributed by atoms with Crippen LogP contribution in [0.1, 0.15) is 21.4 Å². The molecule has 1 atom stereocenters. The lowest BCUT2D eigenvalue weighted by Gasteiger charge is -2.37. The largest absolute Gasteiger partial charge is 0.360 e. The maximum Gasteiger partial charge on any atom is 0.262 e. The highest BCUT2D eigenvalue weighted by Crippen LogP contribution is 2.37. The van der Waals surface area contributed by atoms with E-state index in [0.29, 0.717) is 5.56 Å². The molecule has 22 heavy (non-hydrogen) atoms. The molecule has 4 rings (SSSR count). The van der Waals surface area contributed by atoms with Gasteiger partial charge in [-0.1, -0.05) is 18.2 Å². The lowest BCUT2D eigenvalue weighted by atomic mass is 10.1. The smallest absolute Gasteiger partial charge is 0.262 e. The summed E-state index contributed by atoms with van der Waals surface area (Å²) < 4.78 is 0. The summed E-state index contributed by atoms with van der Waals surface area (Å²) in [5.41, 5.74) is 2.39.